The third-order valence-corrected chi connectivity index (χ3v) is 5.23. The minimum Gasteiger partial charge on any atom is -0.507 e. The number of nitrogens with one attached hydrogen (secondary N) is 2. The zero-order valence-electron chi connectivity index (χ0n) is 17.7. The van der Waals surface area contributed by atoms with Crippen LogP contribution in [0.4, 0.5) is 23.4 Å². The van der Waals surface area contributed by atoms with Gasteiger partial charge in [0.05, 0.1) is 18.1 Å². The summed E-state index contributed by atoms with van der Waals surface area (Å²) in [4.78, 5) is 20.9. The van der Waals surface area contributed by atoms with Crippen LogP contribution in [0.25, 0.3) is 22.4 Å². The van der Waals surface area contributed by atoms with Crippen molar-refractivity contribution in [1.82, 2.24) is 30.4 Å². The molecule has 180 valence electrons. The van der Waals surface area contributed by atoms with E-state index in [0.717, 1.165) is 4.68 Å². The predicted molar refractivity (Wildman–Crippen MR) is 114 cm³/mol. The molecule has 2 aromatic heterocycles. The fourth-order valence-corrected chi connectivity index (χ4v) is 3.65. The number of aromatic nitrogens is 4. The largest absolute Gasteiger partial charge is 0.507 e. The summed E-state index contributed by atoms with van der Waals surface area (Å²) in [5.41, 5.74) is 6.79. The molecule has 13 heteroatoms. The molecule has 0 radical (unpaired) electrons. The van der Waals surface area contributed by atoms with E-state index in [1.165, 1.54) is 36.8 Å². The molecule has 1 amide bonds. The van der Waals surface area contributed by atoms with E-state index >= 15 is 0 Å². The van der Waals surface area contributed by atoms with Gasteiger partial charge in [-0.3, -0.25) is 9.48 Å². The maximum atomic E-state index is 13.6. The van der Waals surface area contributed by atoms with E-state index in [4.69, 9.17) is 5.73 Å². The van der Waals surface area contributed by atoms with Crippen molar-refractivity contribution in [2.45, 2.75) is 31.4 Å². The standard InChI is InChI=1S/C21H21F4N7O2/c22-13-4-14(7-27-6-13)30-20(34)18-19(26)28-8-16(31-18)15-3-11(1-2-17(15)33)12-5-29-32(9-12)10-21(23,24)25/h1-3,5,8-9,13-14,27,33H,4,6-7,10H2,(H2,26,28)(H,30,34). The third kappa shape index (κ3) is 5.42. The van der Waals surface area contributed by atoms with E-state index in [9.17, 15) is 27.5 Å². The maximum absolute atomic E-state index is 13.6. The van der Waals surface area contributed by atoms with Crippen molar-refractivity contribution in [2.24, 2.45) is 0 Å². The lowest BCUT2D eigenvalue weighted by atomic mass is 10.0. The number of nitrogen functional groups attached to an aromatic ring is 1. The Balaban J connectivity index is 1.60. The van der Waals surface area contributed by atoms with Crippen LogP contribution >= 0.6 is 0 Å². The molecule has 4 rings (SSSR count). The number of anilines is 1. The Morgan fingerprint density at radius 3 is 2.79 bits per heavy atom. The number of nitrogens with zero attached hydrogens (tertiary/aromatic N) is 4. The van der Waals surface area contributed by atoms with Gasteiger partial charge in [0.1, 0.15) is 18.5 Å². The Kier molecular flexibility index (Phi) is 6.37. The number of piperidine rings is 1. The minimum atomic E-state index is -4.42. The zero-order valence-corrected chi connectivity index (χ0v) is 17.7. The fourth-order valence-electron chi connectivity index (χ4n) is 3.65. The van der Waals surface area contributed by atoms with Crippen LogP contribution in [0.2, 0.25) is 0 Å². The van der Waals surface area contributed by atoms with E-state index in [2.05, 4.69) is 25.7 Å². The van der Waals surface area contributed by atoms with Crippen molar-refractivity contribution in [3.8, 4) is 28.1 Å². The van der Waals surface area contributed by atoms with Gasteiger partial charge in [-0.15, -0.1) is 0 Å². The summed E-state index contributed by atoms with van der Waals surface area (Å²) in [6, 6.07) is 3.89. The summed E-state index contributed by atoms with van der Waals surface area (Å²) >= 11 is 0. The smallest absolute Gasteiger partial charge is 0.408 e. The third-order valence-electron chi connectivity index (χ3n) is 5.23. The van der Waals surface area contributed by atoms with Crippen LogP contribution in [0.5, 0.6) is 5.75 Å². The second kappa shape index (κ2) is 9.25. The van der Waals surface area contributed by atoms with E-state index in [1.807, 2.05) is 0 Å². The summed E-state index contributed by atoms with van der Waals surface area (Å²) in [6.45, 7) is -0.627. The number of amides is 1. The Morgan fingerprint density at radius 2 is 2.06 bits per heavy atom. The molecule has 2 unspecified atom stereocenters. The van der Waals surface area contributed by atoms with Gasteiger partial charge in [-0.05, 0) is 17.7 Å². The van der Waals surface area contributed by atoms with Crippen LogP contribution in [-0.4, -0.2) is 62.2 Å². The number of rotatable bonds is 5. The molecule has 0 bridgehead atoms. The number of hydrogen-bond donors (Lipinski definition) is 4. The summed E-state index contributed by atoms with van der Waals surface area (Å²) in [5.74, 6) is -0.976. The first kappa shape index (κ1) is 23.4. The van der Waals surface area contributed by atoms with Crippen LogP contribution in [0.1, 0.15) is 16.9 Å². The monoisotopic (exact) mass is 479 g/mol. The van der Waals surface area contributed by atoms with Crippen molar-refractivity contribution in [3.05, 3.63) is 42.5 Å². The Morgan fingerprint density at radius 1 is 1.26 bits per heavy atom. The van der Waals surface area contributed by atoms with Gasteiger partial charge in [0, 0.05) is 42.9 Å². The number of phenols is 1. The average Bonchev–Trinajstić information content (AvgIpc) is 3.21. The first-order chi connectivity index (χ1) is 16.1. The second-order valence-corrected chi connectivity index (χ2v) is 7.92. The number of benzene rings is 1. The minimum absolute atomic E-state index is 0.117. The van der Waals surface area contributed by atoms with Crippen LogP contribution in [-0.2, 0) is 6.54 Å². The molecule has 3 heterocycles. The number of nitrogens with two attached hydrogens (primary N) is 1. The highest BCUT2D eigenvalue weighted by molar-refractivity contribution is 5.97. The maximum Gasteiger partial charge on any atom is 0.408 e. The van der Waals surface area contributed by atoms with Gasteiger partial charge in [-0.25, -0.2) is 14.4 Å². The number of halogens is 4. The predicted octanol–water partition coefficient (Wildman–Crippen LogP) is 2.29. The van der Waals surface area contributed by atoms with Crippen molar-refractivity contribution in [3.63, 3.8) is 0 Å². The number of hydrogen-bond acceptors (Lipinski definition) is 7. The van der Waals surface area contributed by atoms with Gasteiger partial charge in [0.2, 0.25) is 0 Å². The quantitative estimate of drug-likeness (QED) is 0.413. The van der Waals surface area contributed by atoms with Crippen LogP contribution in [0.3, 0.4) is 0 Å². The summed E-state index contributed by atoms with van der Waals surface area (Å²) in [5, 5.41) is 19.6. The van der Waals surface area contributed by atoms with E-state index in [0.29, 0.717) is 17.7 Å². The average molecular weight is 479 g/mol. The van der Waals surface area contributed by atoms with Gasteiger partial charge < -0.3 is 21.5 Å². The van der Waals surface area contributed by atoms with Crippen molar-refractivity contribution in [2.75, 3.05) is 18.8 Å². The first-order valence-electron chi connectivity index (χ1n) is 10.3. The second-order valence-electron chi connectivity index (χ2n) is 7.92. The SMILES string of the molecule is Nc1ncc(-c2cc(-c3cnn(CC(F)(F)F)c3)ccc2O)nc1C(=O)NC1CNCC(F)C1. The molecule has 9 nitrogen and oxygen atoms in total. The summed E-state index contributed by atoms with van der Waals surface area (Å²) in [7, 11) is 0. The lowest BCUT2D eigenvalue weighted by Gasteiger charge is -2.26. The lowest BCUT2D eigenvalue weighted by molar-refractivity contribution is -0.142. The Hall–Kier alpha value is -3.74. The highest BCUT2D eigenvalue weighted by atomic mass is 19.4. The molecule has 1 fully saturated rings. The fraction of sp³-hybridized carbons (Fsp3) is 0.333. The molecule has 1 saturated heterocycles. The molecular formula is C21H21F4N7O2. The normalized spacial score (nSPS) is 18.6. The van der Waals surface area contributed by atoms with Crippen LogP contribution in [0.15, 0.2) is 36.8 Å². The zero-order chi connectivity index (χ0) is 24.5. The van der Waals surface area contributed by atoms with E-state index in [-0.39, 0.29) is 41.5 Å². The van der Waals surface area contributed by atoms with Crippen LogP contribution in [0, 0.1) is 0 Å². The van der Waals surface area contributed by atoms with Crippen molar-refractivity contribution >= 4 is 11.7 Å². The Labute approximate surface area is 191 Å². The van der Waals surface area contributed by atoms with Crippen molar-refractivity contribution < 1.29 is 27.5 Å². The molecule has 1 aliphatic heterocycles. The van der Waals surface area contributed by atoms with Gasteiger partial charge in [-0.2, -0.15) is 18.3 Å². The molecule has 34 heavy (non-hydrogen) atoms. The van der Waals surface area contributed by atoms with Gasteiger partial charge >= 0.3 is 6.18 Å². The molecular weight excluding hydrogens is 458 g/mol. The number of phenolic OH excluding ortho intramolecular Hbond substituents is 1. The van der Waals surface area contributed by atoms with E-state index < -0.39 is 30.8 Å². The molecule has 0 spiro atoms. The molecule has 3 aromatic rings. The first-order valence-corrected chi connectivity index (χ1v) is 10.3. The van der Waals surface area contributed by atoms with Gasteiger partial charge in [0.15, 0.2) is 11.5 Å². The number of carbonyl (C=O) groups excluding carboxylic acids is 1. The van der Waals surface area contributed by atoms with Crippen LogP contribution < -0.4 is 16.4 Å². The highest BCUT2D eigenvalue weighted by Crippen LogP contribution is 2.33. The topological polar surface area (TPSA) is 131 Å². The lowest BCUT2D eigenvalue weighted by Crippen LogP contribution is -2.49. The summed E-state index contributed by atoms with van der Waals surface area (Å²) in [6.07, 6.45) is -1.60. The molecule has 5 N–H and O–H groups in total. The summed E-state index contributed by atoms with van der Waals surface area (Å²) < 4.78 is 52.2. The number of alkyl halides is 4. The highest BCUT2D eigenvalue weighted by Gasteiger charge is 2.28. The molecule has 1 aliphatic rings. The Bertz CT molecular complexity index is 1200. The molecule has 1 aromatic carbocycles. The molecule has 0 aliphatic carbocycles. The van der Waals surface area contributed by atoms with Gasteiger partial charge in [-0.1, -0.05) is 6.07 Å². The molecule has 0 saturated carbocycles. The number of carbonyl (C=O) groups is 1. The van der Waals surface area contributed by atoms with E-state index in [1.54, 1.807) is 0 Å². The molecule has 2 atom stereocenters. The number of aromatic hydroxyl groups is 1. The van der Waals surface area contributed by atoms with Crippen molar-refractivity contribution in [1.29, 1.82) is 0 Å². The van der Waals surface area contributed by atoms with Gasteiger partial charge in [0.25, 0.3) is 5.91 Å².